The van der Waals surface area contributed by atoms with Crippen molar-refractivity contribution in [2.45, 2.75) is 18.9 Å². The third kappa shape index (κ3) is 2.88. The number of furan rings is 1. The molecule has 0 radical (unpaired) electrons. The lowest BCUT2D eigenvalue weighted by molar-refractivity contribution is -0.132. The molecule has 1 saturated heterocycles. The molecule has 1 aromatic rings. The predicted molar refractivity (Wildman–Crippen MR) is 64.5 cm³/mol. The van der Waals surface area contributed by atoms with Crippen molar-refractivity contribution in [1.82, 2.24) is 10.2 Å². The van der Waals surface area contributed by atoms with Crippen molar-refractivity contribution in [3.63, 3.8) is 0 Å². The lowest BCUT2D eigenvalue weighted by Gasteiger charge is -2.29. The molecule has 5 nitrogen and oxygen atoms in total. The number of halogens is 1. The van der Waals surface area contributed by atoms with Gasteiger partial charge in [0.2, 0.25) is 5.91 Å². The summed E-state index contributed by atoms with van der Waals surface area (Å²) in [4.78, 5) is 25.0. The fraction of sp³-hybridized carbons (Fsp3) is 0.455. The fourth-order valence-electron chi connectivity index (χ4n) is 1.76. The molecule has 2 amide bonds. The highest BCUT2D eigenvalue weighted by atomic mass is 79.9. The molecule has 2 heterocycles. The van der Waals surface area contributed by atoms with Crippen LogP contribution in [0.4, 0.5) is 0 Å². The number of hydrogen-bond donors (Lipinski definition) is 1. The van der Waals surface area contributed by atoms with Crippen LogP contribution in [-0.2, 0) is 4.79 Å². The number of hydrogen-bond acceptors (Lipinski definition) is 3. The van der Waals surface area contributed by atoms with Crippen LogP contribution in [0.3, 0.4) is 0 Å². The first-order valence-electron chi connectivity index (χ1n) is 5.35. The summed E-state index contributed by atoms with van der Waals surface area (Å²) < 4.78 is 5.51. The molecule has 1 atom stereocenters. The van der Waals surface area contributed by atoms with Crippen molar-refractivity contribution in [2.75, 3.05) is 13.6 Å². The normalized spacial score (nSPS) is 20.5. The molecule has 1 aliphatic heterocycles. The summed E-state index contributed by atoms with van der Waals surface area (Å²) >= 11 is 3.14. The minimum Gasteiger partial charge on any atom is -0.457 e. The Balaban J connectivity index is 1.93. The minimum atomic E-state index is -0.207. The summed E-state index contributed by atoms with van der Waals surface area (Å²) in [6.45, 7) is 0.679. The topological polar surface area (TPSA) is 62.6 Å². The highest BCUT2D eigenvalue weighted by Crippen LogP contribution is 2.15. The standard InChI is InChI=1S/C11H13BrN2O3/c1-14-3-2-8(5-10(14)15)13-11(16)7-4-9(12)17-6-7/h4,6,8H,2-3,5H2,1H3,(H,13,16)/t8-/m0/s1. The summed E-state index contributed by atoms with van der Waals surface area (Å²) in [7, 11) is 1.77. The number of rotatable bonds is 2. The van der Waals surface area contributed by atoms with E-state index in [2.05, 4.69) is 21.2 Å². The highest BCUT2D eigenvalue weighted by molar-refractivity contribution is 9.10. The van der Waals surface area contributed by atoms with Crippen LogP contribution in [0.2, 0.25) is 0 Å². The van der Waals surface area contributed by atoms with Crippen LogP contribution in [0.15, 0.2) is 21.4 Å². The number of nitrogens with one attached hydrogen (secondary N) is 1. The van der Waals surface area contributed by atoms with Gasteiger partial charge in [-0.1, -0.05) is 0 Å². The quantitative estimate of drug-likeness (QED) is 0.898. The molecule has 92 valence electrons. The Morgan fingerprint density at radius 2 is 2.41 bits per heavy atom. The van der Waals surface area contributed by atoms with Gasteiger partial charge >= 0.3 is 0 Å². The van der Waals surface area contributed by atoms with Crippen molar-refractivity contribution in [3.8, 4) is 0 Å². The fourth-order valence-corrected chi connectivity index (χ4v) is 2.10. The van der Waals surface area contributed by atoms with Gasteiger partial charge in [-0.3, -0.25) is 9.59 Å². The third-order valence-electron chi connectivity index (χ3n) is 2.82. The summed E-state index contributed by atoms with van der Waals surface area (Å²) in [6, 6.07) is 1.52. The summed E-state index contributed by atoms with van der Waals surface area (Å²) in [5, 5.41) is 2.83. The molecular weight excluding hydrogens is 288 g/mol. The van der Waals surface area contributed by atoms with Gasteiger partial charge in [0, 0.05) is 32.1 Å². The summed E-state index contributed by atoms with van der Waals surface area (Å²) in [5.41, 5.74) is 0.461. The van der Waals surface area contributed by atoms with E-state index in [1.165, 1.54) is 6.26 Å². The van der Waals surface area contributed by atoms with Crippen LogP contribution in [0.1, 0.15) is 23.2 Å². The van der Waals surface area contributed by atoms with Crippen molar-refractivity contribution in [3.05, 3.63) is 22.6 Å². The van der Waals surface area contributed by atoms with E-state index in [0.717, 1.165) is 6.42 Å². The summed E-state index contributed by atoms with van der Waals surface area (Å²) in [5.74, 6) is -0.142. The van der Waals surface area contributed by atoms with Gasteiger partial charge < -0.3 is 14.6 Å². The molecule has 1 fully saturated rings. The van der Waals surface area contributed by atoms with Gasteiger partial charge in [-0.15, -0.1) is 0 Å². The van der Waals surface area contributed by atoms with E-state index in [1.807, 2.05) is 0 Å². The minimum absolute atomic E-state index is 0.0647. The van der Waals surface area contributed by atoms with Crippen LogP contribution in [0.25, 0.3) is 0 Å². The summed E-state index contributed by atoms with van der Waals surface area (Å²) in [6.07, 6.45) is 2.53. The number of nitrogens with zero attached hydrogens (tertiary/aromatic N) is 1. The number of amides is 2. The first kappa shape index (κ1) is 12.2. The predicted octanol–water partition coefficient (Wildman–Crippen LogP) is 1.39. The van der Waals surface area contributed by atoms with E-state index in [4.69, 9.17) is 4.42 Å². The number of likely N-dealkylation sites (tertiary alicyclic amines) is 1. The van der Waals surface area contributed by atoms with Gasteiger partial charge in [-0.25, -0.2) is 0 Å². The van der Waals surface area contributed by atoms with Crippen LogP contribution in [0.5, 0.6) is 0 Å². The molecule has 6 heteroatoms. The second-order valence-corrected chi connectivity index (χ2v) is 4.90. The van der Waals surface area contributed by atoms with Crippen LogP contribution in [0, 0.1) is 0 Å². The molecule has 2 rings (SSSR count). The Morgan fingerprint density at radius 1 is 1.65 bits per heavy atom. The van der Waals surface area contributed by atoms with Crippen molar-refractivity contribution in [1.29, 1.82) is 0 Å². The second-order valence-electron chi connectivity index (χ2n) is 4.12. The van der Waals surface area contributed by atoms with Gasteiger partial charge in [0.25, 0.3) is 5.91 Å². The maximum absolute atomic E-state index is 11.8. The van der Waals surface area contributed by atoms with E-state index in [-0.39, 0.29) is 17.9 Å². The zero-order valence-electron chi connectivity index (χ0n) is 9.40. The zero-order valence-corrected chi connectivity index (χ0v) is 11.0. The Morgan fingerprint density at radius 3 is 3.00 bits per heavy atom. The number of piperidine rings is 1. The Hall–Kier alpha value is -1.30. The molecule has 0 unspecified atom stereocenters. The number of carbonyl (C=O) groups is 2. The van der Waals surface area contributed by atoms with Crippen molar-refractivity contribution < 1.29 is 14.0 Å². The average molecular weight is 301 g/mol. The molecule has 0 aliphatic carbocycles. The lowest BCUT2D eigenvalue weighted by Crippen LogP contribution is -2.46. The van der Waals surface area contributed by atoms with E-state index < -0.39 is 0 Å². The van der Waals surface area contributed by atoms with Gasteiger partial charge in [-0.05, 0) is 22.4 Å². The lowest BCUT2D eigenvalue weighted by atomic mass is 10.0. The zero-order chi connectivity index (χ0) is 12.4. The van der Waals surface area contributed by atoms with Gasteiger partial charge in [-0.2, -0.15) is 0 Å². The second kappa shape index (κ2) is 4.91. The van der Waals surface area contributed by atoms with E-state index in [1.54, 1.807) is 18.0 Å². The third-order valence-corrected chi connectivity index (χ3v) is 3.24. The highest BCUT2D eigenvalue weighted by Gasteiger charge is 2.25. The van der Waals surface area contributed by atoms with Gasteiger partial charge in [0.05, 0.1) is 5.56 Å². The first-order valence-corrected chi connectivity index (χ1v) is 6.14. The molecular formula is C11H13BrN2O3. The molecule has 1 N–H and O–H groups in total. The number of carbonyl (C=O) groups excluding carboxylic acids is 2. The van der Waals surface area contributed by atoms with Gasteiger partial charge in [0.1, 0.15) is 6.26 Å². The molecule has 0 aromatic carbocycles. The molecule has 1 aromatic heterocycles. The largest absolute Gasteiger partial charge is 0.457 e. The molecule has 0 spiro atoms. The molecule has 0 bridgehead atoms. The Kier molecular flexibility index (Phi) is 3.51. The smallest absolute Gasteiger partial charge is 0.254 e. The van der Waals surface area contributed by atoms with Crippen LogP contribution < -0.4 is 5.32 Å². The van der Waals surface area contributed by atoms with Crippen molar-refractivity contribution in [2.24, 2.45) is 0 Å². The Labute approximate surface area is 107 Å². The van der Waals surface area contributed by atoms with E-state index in [9.17, 15) is 9.59 Å². The van der Waals surface area contributed by atoms with Crippen molar-refractivity contribution >= 4 is 27.7 Å². The molecule has 17 heavy (non-hydrogen) atoms. The molecule has 1 aliphatic rings. The average Bonchev–Trinajstić information content (AvgIpc) is 2.70. The maximum atomic E-state index is 11.8. The Bertz CT molecular complexity index is 444. The van der Waals surface area contributed by atoms with Crippen LogP contribution in [-0.4, -0.2) is 36.3 Å². The van der Waals surface area contributed by atoms with Gasteiger partial charge in [0.15, 0.2) is 4.67 Å². The van der Waals surface area contributed by atoms with E-state index in [0.29, 0.717) is 23.2 Å². The maximum Gasteiger partial charge on any atom is 0.254 e. The van der Waals surface area contributed by atoms with E-state index >= 15 is 0 Å². The van der Waals surface area contributed by atoms with Crippen LogP contribution >= 0.6 is 15.9 Å². The SMILES string of the molecule is CN1CC[C@H](NC(=O)c2coc(Br)c2)CC1=O. The monoisotopic (exact) mass is 300 g/mol. The molecule has 0 saturated carbocycles. The first-order chi connectivity index (χ1) is 8.06.